The van der Waals surface area contributed by atoms with Crippen molar-refractivity contribution in [2.24, 2.45) is 5.41 Å². The van der Waals surface area contributed by atoms with Crippen molar-refractivity contribution in [2.45, 2.75) is 66.7 Å². The highest BCUT2D eigenvalue weighted by atomic mass is 16.6. The lowest BCUT2D eigenvalue weighted by Gasteiger charge is -2.33. The number of nitrogens with one attached hydrogen (secondary N) is 1. The SMILES string of the molecule is C/C=C(\CC(C)(CC)CC)C(c1cccc(C(=O)NOC)c1)c1cccc(C)c1C. The van der Waals surface area contributed by atoms with Gasteiger partial charge in [-0.2, -0.15) is 0 Å². The van der Waals surface area contributed by atoms with E-state index < -0.39 is 0 Å². The minimum atomic E-state index is -0.229. The van der Waals surface area contributed by atoms with Gasteiger partial charge in [0.1, 0.15) is 0 Å². The van der Waals surface area contributed by atoms with Crippen LogP contribution in [-0.2, 0) is 4.84 Å². The van der Waals surface area contributed by atoms with Crippen LogP contribution in [0, 0.1) is 19.3 Å². The molecule has 0 aromatic heterocycles. The van der Waals surface area contributed by atoms with Gasteiger partial charge in [-0.15, -0.1) is 0 Å². The summed E-state index contributed by atoms with van der Waals surface area (Å²) in [5.41, 5.74) is 9.73. The van der Waals surface area contributed by atoms with Gasteiger partial charge in [0, 0.05) is 11.5 Å². The number of carbonyl (C=O) groups is 1. The molecule has 0 aliphatic heterocycles. The van der Waals surface area contributed by atoms with E-state index in [1.807, 2.05) is 18.2 Å². The summed E-state index contributed by atoms with van der Waals surface area (Å²) in [6, 6.07) is 14.5. The molecule has 1 N–H and O–H groups in total. The van der Waals surface area contributed by atoms with Gasteiger partial charge in [0.2, 0.25) is 0 Å². The molecule has 0 saturated carbocycles. The number of hydroxylamine groups is 1. The predicted octanol–water partition coefficient (Wildman–Crippen LogP) is 6.89. The number of rotatable bonds is 9. The molecule has 0 aliphatic rings. The largest absolute Gasteiger partial charge is 0.277 e. The number of aryl methyl sites for hydroxylation is 1. The molecule has 0 bridgehead atoms. The van der Waals surface area contributed by atoms with Crippen LogP contribution in [0.2, 0.25) is 0 Å². The van der Waals surface area contributed by atoms with Crippen LogP contribution in [0.5, 0.6) is 0 Å². The predicted molar refractivity (Wildman–Crippen MR) is 126 cm³/mol. The van der Waals surface area contributed by atoms with Gasteiger partial charge in [-0.25, -0.2) is 5.48 Å². The van der Waals surface area contributed by atoms with Gasteiger partial charge in [-0.05, 0) is 67.0 Å². The molecule has 3 nitrogen and oxygen atoms in total. The highest BCUT2D eigenvalue weighted by Gasteiger charge is 2.28. The number of hydrogen-bond donors (Lipinski definition) is 1. The van der Waals surface area contributed by atoms with Crippen LogP contribution in [0.25, 0.3) is 0 Å². The van der Waals surface area contributed by atoms with Gasteiger partial charge in [-0.1, -0.05) is 75.6 Å². The second kappa shape index (κ2) is 10.6. The summed E-state index contributed by atoms with van der Waals surface area (Å²) in [5, 5.41) is 0. The highest BCUT2D eigenvalue weighted by molar-refractivity contribution is 5.93. The Bertz CT molecular complexity index is 893. The average molecular weight is 408 g/mol. The molecule has 2 rings (SSSR count). The smallest absolute Gasteiger partial charge is 0.274 e. The fourth-order valence-corrected chi connectivity index (χ4v) is 4.05. The van der Waals surface area contributed by atoms with Gasteiger partial charge in [0.05, 0.1) is 7.11 Å². The zero-order valence-electron chi connectivity index (χ0n) is 19.6. The van der Waals surface area contributed by atoms with E-state index >= 15 is 0 Å². The second-order valence-electron chi connectivity index (χ2n) is 8.54. The zero-order chi connectivity index (χ0) is 22.3. The molecule has 0 radical (unpaired) electrons. The first-order valence-electron chi connectivity index (χ1n) is 10.9. The van der Waals surface area contributed by atoms with E-state index in [4.69, 9.17) is 4.84 Å². The fourth-order valence-electron chi connectivity index (χ4n) is 4.05. The van der Waals surface area contributed by atoms with Crippen LogP contribution >= 0.6 is 0 Å². The van der Waals surface area contributed by atoms with Crippen molar-refractivity contribution in [3.8, 4) is 0 Å². The van der Waals surface area contributed by atoms with Crippen molar-refractivity contribution in [3.05, 3.63) is 81.9 Å². The number of allylic oxidation sites excluding steroid dienone is 2. The number of amides is 1. The fraction of sp³-hybridized carbons (Fsp3) is 0.444. The van der Waals surface area contributed by atoms with Crippen molar-refractivity contribution in [3.63, 3.8) is 0 Å². The van der Waals surface area contributed by atoms with E-state index in [2.05, 4.69) is 77.4 Å². The molecule has 2 aromatic rings. The Morgan fingerprint density at radius 3 is 2.40 bits per heavy atom. The number of carbonyl (C=O) groups excluding carboxylic acids is 1. The standard InChI is InChI=1S/C27H37NO2/c1-8-21(18-27(6,9-2)10-3)25(24-16-11-13-19(4)20(24)5)22-14-12-15-23(17-22)26(29)28-30-7/h8,11-17,25H,9-10,18H2,1-7H3,(H,28,29)/b21-8+. The lowest BCUT2D eigenvalue weighted by Crippen LogP contribution is -2.22. The molecule has 162 valence electrons. The summed E-state index contributed by atoms with van der Waals surface area (Å²) >= 11 is 0. The van der Waals surface area contributed by atoms with Crippen molar-refractivity contribution >= 4 is 5.91 Å². The van der Waals surface area contributed by atoms with Crippen LogP contribution in [0.1, 0.15) is 85.5 Å². The monoisotopic (exact) mass is 407 g/mol. The third kappa shape index (κ3) is 5.40. The van der Waals surface area contributed by atoms with E-state index in [0.717, 1.165) is 24.8 Å². The Labute approximate surface area is 182 Å². The Morgan fingerprint density at radius 1 is 1.13 bits per heavy atom. The third-order valence-electron chi connectivity index (χ3n) is 6.71. The van der Waals surface area contributed by atoms with E-state index in [1.165, 1.54) is 29.4 Å². The first kappa shape index (κ1) is 23.9. The summed E-state index contributed by atoms with van der Waals surface area (Å²) in [4.78, 5) is 17.2. The molecule has 0 saturated heterocycles. The quantitative estimate of drug-likeness (QED) is 0.363. The molecule has 1 amide bonds. The van der Waals surface area contributed by atoms with Crippen molar-refractivity contribution in [1.82, 2.24) is 5.48 Å². The molecular weight excluding hydrogens is 370 g/mol. The molecule has 0 spiro atoms. The number of benzene rings is 2. The molecule has 0 heterocycles. The van der Waals surface area contributed by atoms with Gasteiger partial charge in [0.25, 0.3) is 5.91 Å². The lowest BCUT2D eigenvalue weighted by molar-refractivity contribution is 0.0537. The van der Waals surface area contributed by atoms with E-state index in [9.17, 15) is 4.79 Å². The normalized spacial score (nSPS) is 13.2. The lowest BCUT2D eigenvalue weighted by atomic mass is 9.72. The maximum Gasteiger partial charge on any atom is 0.274 e. The summed E-state index contributed by atoms with van der Waals surface area (Å²) in [7, 11) is 1.45. The van der Waals surface area contributed by atoms with Crippen LogP contribution in [0.15, 0.2) is 54.1 Å². The van der Waals surface area contributed by atoms with E-state index in [0.29, 0.717) is 5.56 Å². The first-order chi connectivity index (χ1) is 14.3. The van der Waals surface area contributed by atoms with Gasteiger partial charge in [-0.3, -0.25) is 9.63 Å². The molecule has 0 aliphatic carbocycles. The first-order valence-corrected chi connectivity index (χ1v) is 10.9. The summed E-state index contributed by atoms with van der Waals surface area (Å²) in [6.45, 7) is 13.4. The van der Waals surface area contributed by atoms with Crippen LogP contribution < -0.4 is 5.48 Å². The van der Waals surface area contributed by atoms with Gasteiger partial charge < -0.3 is 0 Å². The van der Waals surface area contributed by atoms with E-state index in [1.54, 1.807) is 0 Å². The maximum atomic E-state index is 12.4. The summed E-state index contributed by atoms with van der Waals surface area (Å²) < 4.78 is 0. The molecule has 30 heavy (non-hydrogen) atoms. The molecule has 3 heteroatoms. The number of hydrogen-bond acceptors (Lipinski definition) is 2. The summed E-state index contributed by atoms with van der Waals surface area (Å²) in [5.74, 6) is -0.115. The van der Waals surface area contributed by atoms with Gasteiger partial charge in [0.15, 0.2) is 0 Å². The zero-order valence-corrected chi connectivity index (χ0v) is 19.6. The topological polar surface area (TPSA) is 38.3 Å². The Morgan fingerprint density at radius 2 is 1.80 bits per heavy atom. The second-order valence-corrected chi connectivity index (χ2v) is 8.54. The Kier molecular flexibility index (Phi) is 8.43. The molecule has 0 fully saturated rings. The van der Waals surface area contributed by atoms with Crippen molar-refractivity contribution in [1.29, 1.82) is 0 Å². The minimum Gasteiger partial charge on any atom is -0.277 e. The van der Waals surface area contributed by atoms with E-state index in [-0.39, 0.29) is 17.2 Å². The van der Waals surface area contributed by atoms with Crippen molar-refractivity contribution < 1.29 is 9.63 Å². The maximum absolute atomic E-state index is 12.4. The average Bonchev–Trinajstić information content (AvgIpc) is 2.76. The van der Waals surface area contributed by atoms with Crippen molar-refractivity contribution in [2.75, 3.05) is 7.11 Å². The van der Waals surface area contributed by atoms with Gasteiger partial charge >= 0.3 is 0 Å². The molecular formula is C27H37NO2. The highest BCUT2D eigenvalue weighted by Crippen LogP contribution is 2.42. The van der Waals surface area contributed by atoms with Crippen LogP contribution in [0.3, 0.4) is 0 Å². The Hall–Kier alpha value is -2.39. The molecule has 1 unspecified atom stereocenters. The third-order valence-corrected chi connectivity index (χ3v) is 6.71. The van der Waals surface area contributed by atoms with Crippen LogP contribution in [-0.4, -0.2) is 13.0 Å². The molecule has 1 atom stereocenters. The van der Waals surface area contributed by atoms with Crippen LogP contribution in [0.4, 0.5) is 0 Å². The minimum absolute atomic E-state index is 0.114. The summed E-state index contributed by atoms with van der Waals surface area (Å²) in [6.07, 6.45) is 5.58. The molecule has 2 aromatic carbocycles. The Balaban J connectivity index is 2.64.